The van der Waals surface area contributed by atoms with E-state index in [4.69, 9.17) is 0 Å². The number of thioether (sulfide) groups is 1. The molecule has 0 aliphatic heterocycles. The Morgan fingerprint density at radius 1 is 0.667 bits per heavy atom. The van der Waals surface area contributed by atoms with Gasteiger partial charge in [0.15, 0.2) is 5.78 Å². The van der Waals surface area contributed by atoms with Crippen LogP contribution in [0.1, 0.15) is 126 Å². The van der Waals surface area contributed by atoms with Crippen molar-refractivity contribution in [1.82, 2.24) is 0 Å². The Morgan fingerprint density at radius 2 is 1.14 bits per heavy atom. The Bertz CT molecular complexity index is 841. The molecule has 0 atom stereocenters. The summed E-state index contributed by atoms with van der Waals surface area (Å²) in [5, 5.41) is 0. The third-order valence-electron chi connectivity index (χ3n) is 6.70. The van der Waals surface area contributed by atoms with E-state index in [2.05, 4.69) is 35.0 Å². The lowest BCUT2D eigenvalue weighted by Gasteiger charge is -2.04. The van der Waals surface area contributed by atoms with Gasteiger partial charge in [-0.1, -0.05) is 137 Å². The van der Waals surface area contributed by atoms with Crippen molar-refractivity contribution in [3.05, 3.63) is 70.2 Å². The maximum absolute atomic E-state index is 12.4. The van der Waals surface area contributed by atoms with E-state index >= 15 is 0 Å². The maximum atomic E-state index is 12.4. The van der Waals surface area contributed by atoms with Crippen LogP contribution in [0, 0.1) is 0 Å². The Balaban J connectivity index is 1.43. The van der Waals surface area contributed by atoms with Crippen molar-refractivity contribution < 1.29 is 4.79 Å². The molecule has 0 radical (unpaired) electrons. The van der Waals surface area contributed by atoms with Crippen molar-refractivity contribution in [2.75, 3.05) is 5.75 Å². The number of allylic oxidation sites excluding steroid dienone is 1. The highest BCUT2D eigenvalue weighted by atomic mass is 79.9. The highest BCUT2D eigenvalue weighted by molar-refractivity contribution is 9.10. The molecule has 3 heteroatoms. The molecule has 2 aromatic rings. The zero-order valence-electron chi connectivity index (χ0n) is 22.5. The molecule has 0 spiro atoms. The third-order valence-corrected chi connectivity index (χ3v) is 8.33. The minimum Gasteiger partial charge on any atom is -0.289 e. The molecule has 0 unspecified atom stereocenters. The maximum Gasteiger partial charge on any atom is 0.185 e. The van der Waals surface area contributed by atoms with Gasteiger partial charge in [0, 0.05) is 14.9 Å². The average Bonchev–Trinajstić information content (AvgIpc) is 2.90. The lowest BCUT2D eigenvalue weighted by atomic mass is 10.0. The van der Waals surface area contributed by atoms with E-state index in [1.165, 1.54) is 108 Å². The molecule has 0 aliphatic rings. The second kappa shape index (κ2) is 20.7. The highest BCUT2D eigenvalue weighted by Gasteiger charge is 2.03. The average molecular weight is 572 g/mol. The minimum absolute atomic E-state index is 0.0484. The van der Waals surface area contributed by atoms with Crippen molar-refractivity contribution in [2.45, 2.75) is 115 Å². The first-order chi connectivity index (χ1) is 17.7. The number of ketones is 1. The summed E-state index contributed by atoms with van der Waals surface area (Å²) in [5.74, 6) is 1.21. The number of halogens is 1. The fourth-order valence-corrected chi connectivity index (χ4v) is 5.57. The van der Waals surface area contributed by atoms with Crippen LogP contribution in [0.4, 0.5) is 0 Å². The Labute approximate surface area is 234 Å². The fourth-order valence-electron chi connectivity index (χ4n) is 4.40. The molecule has 0 heterocycles. The van der Waals surface area contributed by atoms with Crippen LogP contribution in [0.2, 0.25) is 0 Å². The largest absolute Gasteiger partial charge is 0.289 e. The standard InChI is InChI=1S/C33H47BrOS/c1-2-3-4-5-6-7-8-9-10-11-12-13-14-15-16-17-28-36-32-25-21-30(22-26-32)33(35)27-20-29-18-23-31(34)24-19-29/h18-27H,2-17,28H2,1H3/b27-20+. The first kappa shape index (κ1) is 30.9. The molecule has 36 heavy (non-hydrogen) atoms. The number of hydrogen-bond acceptors (Lipinski definition) is 2. The summed E-state index contributed by atoms with van der Waals surface area (Å²) in [6.45, 7) is 2.29. The molecule has 0 saturated heterocycles. The summed E-state index contributed by atoms with van der Waals surface area (Å²) >= 11 is 5.34. The second-order valence-electron chi connectivity index (χ2n) is 9.93. The number of carbonyl (C=O) groups is 1. The predicted octanol–water partition coefficient (Wildman–Crippen LogP) is 11.7. The molecule has 0 saturated carbocycles. The van der Waals surface area contributed by atoms with Gasteiger partial charge in [0.05, 0.1) is 0 Å². The van der Waals surface area contributed by atoms with Crippen molar-refractivity contribution >= 4 is 39.6 Å². The number of rotatable bonds is 21. The van der Waals surface area contributed by atoms with Crippen LogP contribution in [-0.2, 0) is 0 Å². The van der Waals surface area contributed by atoms with Crippen LogP contribution in [0.5, 0.6) is 0 Å². The van der Waals surface area contributed by atoms with Crippen LogP contribution >= 0.6 is 27.7 Å². The van der Waals surface area contributed by atoms with Gasteiger partial charge in [-0.25, -0.2) is 0 Å². The molecule has 0 aliphatic carbocycles. The molecule has 1 nitrogen and oxygen atoms in total. The van der Waals surface area contributed by atoms with E-state index in [0.29, 0.717) is 0 Å². The summed E-state index contributed by atoms with van der Waals surface area (Å²) < 4.78 is 1.04. The van der Waals surface area contributed by atoms with Crippen molar-refractivity contribution in [2.24, 2.45) is 0 Å². The Kier molecular flexibility index (Phi) is 17.8. The Hall–Kier alpha value is -1.32. The van der Waals surface area contributed by atoms with Crippen molar-refractivity contribution in [3.63, 3.8) is 0 Å². The monoisotopic (exact) mass is 570 g/mol. The fraction of sp³-hybridized carbons (Fsp3) is 0.545. The number of unbranched alkanes of at least 4 members (excludes halogenated alkanes) is 15. The van der Waals surface area contributed by atoms with Crippen molar-refractivity contribution in [1.29, 1.82) is 0 Å². The predicted molar refractivity (Wildman–Crippen MR) is 164 cm³/mol. The molecule has 2 rings (SSSR count). The van der Waals surface area contributed by atoms with Crippen molar-refractivity contribution in [3.8, 4) is 0 Å². The molecule has 0 fully saturated rings. The van der Waals surface area contributed by atoms with Crippen LogP contribution in [0.15, 0.2) is 64.0 Å². The quantitative estimate of drug-likeness (QED) is 0.0642. The summed E-state index contributed by atoms with van der Waals surface area (Å²) in [7, 11) is 0. The van der Waals surface area contributed by atoms with Gasteiger partial charge in [-0.05, 0) is 60.2 Å². The smallest absolute Gasteiger partial charge is 0.185 e. The van der Waals surface area contributed by atoms with Crippen LogP contribution in [0.25, 0.3) is 6.08 Å². The molecule has 0 bridgehead atoms. The number of benzene rings is 2. The molecule has 0 amide bonds. The number of carbonyl (C=O) groups excluding carboxylic acids is 1. The van der Waals surface area contributed by atoms with Gasteiger partial charge in [0.25, 0.3) is 0 Å². The first-order valence-corrected chi connectivity index (χ1v) is 16.2. The van der Waals surface area contributed by atoms with Crippen LogP contribution in [-0.4, -0.2) is 11.5 Å². The zero-order valence-corrected chi connectivity index (χ0v) is 24.9. The number of hydrogen-bond donors (Lipinski definition) is 0. The minimum atomic E-state index is 0.0484. The van der Waals surface area contributed by atoms with E-state index in [9.17, 15) is 4.79 Å². The normalized spacial score (nSPS) is 11.4. The van der Waals surface area contributed by atoms with Gasteiger partial charge in [0.1, 0.15) is 0 Å². The molecule has 0 N–H and O–H groups in total. The highest BCUT2D eigenvalue weighted by Crippen LogP contribution is 2.21. The molecular weight excluding hydrogens is 524 g/mol. The second-order valence-corrected chi connectivity index (χ2v) is 12.0. The first-order valence-electron chi connectivity index (χ1n) is 14.4. The van der Waals surface area contributed by atoms with Gasteiger partial charge in [-0.2, -0.15) is 0 Å². The molecule has 2 aromatic carbocycles. The SMILES string of the molecule is CCCCCCCCCCCCCCCCCCSc1ccc(C(=O)/C=C/c2ccc(Br)cc2)cc1. The summed E-state index contributed by atoms with van der Waals surface area (Å²) in [5.41, 5.74) is 1.77. The summed E-state index contributed by atoms with van der Waals surface area (Å²) in [6, 6.07) is 16.0. The van der Waals surface area contributed by atoms with E-state index < -0.39 is 0 Å². The topological polar surface area (TPSA) is 17.1 Å². The van der Waals surface area contributed by atoms with Gasteiger partial charge >= 0.3 is 0 Å². The van der Waals surface area contributed by atoms with Crippen LogP contribution in [0.3, 0.4) is 0 Å². The van der Waals surface area contributed by atoms with E-state index in [-0.39, 0.29) is 5.78 Å². The van der Waals surface area contributed by atoms with Gasteiger partial charge in [0.2, 0.25) is 0 Å². The van der Waals surface area contributed by atoms with E-state index in [0.717, 1.165) is 21.4 Å². The lowest BCUT2D eigenvalue weighted by Crippen LogP contribution is -1.93. The van der Waals surface area contributed by atoms with Gasteiger partial charge in [-0.3, -0.25) is 4.79 Å². The molecule has 198 valence electrons. The molecule has 0 aromatic heterocycles. The zero-order chi connectivity index (χ0) is 25.7. The van der Waals surface area contributed by atoms with Gasteiger partial charge < -0.3 is 0 Å². The van der Waals surface area contributed by atoms with Crippen LogP contribution < -0.4 is 0 Å². The Morgan fingerprint density at radius 3 is 1.64 bits per heavy atom. The molecular formula is C33H47BrOS. The summed E-state index contributed by atoms with van der Waals surface area (Å²) in [6.07, 6.45) is 26.1. The van der Waals surface area contributed by atoms with E-state index in [1.54, 1.807) is 6.08 Å². The lowest BCUT2D eigenvalue weighted by molar-refractivity contribution is 0.104. The summed E-state index contributed by atoms with van der Waals surface area (Å²) in [4.78, 5) is 13.7. The van der Waals surface area contributed by atoms with E-state index in [1.807, 2.05) is 54.2 Å². The third kappa shape index (κ3) is 15.1. The van der Waals surface area contributed by atoms with Gasteiger partial charge in [-0.15, -0.1) is 11.8 Å².